The number of hydrogen-bond acceptors (Lipinski definition) is 3. The van der Waals surface area contributed by atoms with Crippen molar-refractivity contribution in [1.82, 2.24) is 0 Å². The summed E-state index contributed by atoms with van der Waals surface area (Å²) in [5, 5.41) is 0. The standard InChI is InChI=1S/C13H24O3/c1-7-8-12(3,4)15-10-9-13(5,6)16-11(2)14/h7H,1,8-10H2,2-6H3. The van der Waals surface area contributed by atoms with E-state index in [1.54, 1.807) is 0 Å². The van der Waals surface area contributed by atoms with Gasteiger partial charge in [-0.05, 0) is 34.1 Å². The Morgan fingerprint density at radius 3 is 2.25 bits per heavy atom. The molecule has 0 saturated carbocycles. The van der Waals surface area contributed by atoms with Gasteiger partial charge in [0.15, 0.2) is 0 Å². The molecule has 0 saturated heterocycles. The molecule has 0 aliphatic carbocycles. The van der Waals surface area contributed by atoms with Crippen LogP contribution in [-0.4, -0.2) is 23.8 Å². The third kappa shape index (κ3) is 7.46. The minimum atomic E-state index is -0.462. The summed E-state index contributed by atoms with van der Waals surface area (Å²) in [4.78, 5) is 10.8. The van der Waals surface area contributed by atoms with Crippen LogP contribution in [0.1, 0.15) is 47.5 Å². The topological polar surface area (TPSA) is 35.5 Å². The highest BCUT2D eigenvalue weighted by molar-refractivity contribution is 5.66. The molecule has 0 spiro atoms. The monoisotopic (exact) mass is 228 g/mol. The number of rotatable bonds is 7. The second-order valence-electron chi connectivity index (χ2n) is 5.20. The lowest BCUT2D eigenvalue weighted by molar-refractivity contribution is -0.156. The van der Waals surface area contributed by atoms with Crippen molar-refractivity contribution in [3.8, 4) is 0 Å². The maximum Gasteiger partial charge on any atom is 0.303 e. The van der Waals surface area contributed by atoms with Gasteiger partial charge in [-0.25, -0.2) is 0 Å². The molecule has 0 aromatic heterocycles. The predicted octanol–water partition coefficient (Wildman–Crippen LogP) is 3.09. The van der Waals surface area contributed by atoms with Crippen molar-refractivity contribution in [3.63, 3.8) is 0 Å². The van der Waals surface area contributed by atoms with E-state index in [4.69, 9.17) is 9.47 Å². The highest BCUT2D eigenvalue weighted by Gasteiger charge is 2.23. The molecule has 0 aliphatic heterocycles. The van der Waals surface area contributed by atoms with Crippen molar-refractivity contribution in [2.75, 3.05) is 6.61 Å². The van der Waals surface area contributed by atoms with Crippen molar-refractivity contribution >= 4 is 5.97 Å². The van der Waals surface area contributed by atoms with Crippen LogP contribution in [0.15, 0.2) is 12.7 Å². The van der Waals surface area contributed by atoms with Crippen LogP contribution in [0.25, 0.3) is 0 Å². The first-order valence-electron chi connectivity index (χ1n) is 5.63. The molecule has 0 N–H and O–H groups in total. The zero-order valence-corrected chi connectivity index (χ0v) is 11.1. The molecule has 3 nitrogen and oxygen atoms in total. The lowest BCUT2D eigenvalue weighted by atomic mass is 10.0. The second-order valence-corrected chi connectivity index (χ2v) is 5.20. The van der Waals surface area contributed by atoms with Crippen molar-refractivity contribution in [3.05, 3.63) is 12.7 Å². The molecular weight excluding hydrogens is 204 g/mol. The molecule has 0 heterocycles. The highest BCUT2D eigenvalue weighted by atomic mass is 16.6. The number of carbonyl (C=O) groups is 1. The summed E-state index contributed by atoms with van der Waals surface area (Å²) in [7, 11) is 0. The van der Waals surface area contributed by atoms with Crippen LogP contribution < -0.4 is 0 Å². The van der Waals surface area contributed by atoms with Crippen molar-refractivity contribution in [2.24, 2.45) is 0 Å². The van der Waals surface area contributed by atoms with E-state index >= 15 is 0 Å². The third-order valence-corrected chi connectivity index (χ3v) is 2.25. The molecule has 94 valence electrons. The Morgan fingerprint density at radius 1 is 1.25 bits per heavy atom. The lowest BCUT2D eigenvalue weighted by Crippen LogP contribution is -2.31. The first-order valence-corrected chi connectivity index (χ1v) is 5.63. The summed E-state index contributed by atoms with van der Waals surface area (Å²) >= 11 is 0. The Balaban J connectivity index is 3.96. The Morgan fingerprint density at radius 2 is 1.81 bits per heavy atom. The van der Waals surface area contributed by atoms with Gasteiger partial charge in [0.1, 0.15) is 5.60 Å². The molecule has 0 atom stereocenters. The first kappa shape index (κ1) is 15.2. The average molecular weight is 228 g/mol. The fourth-order valence-corrected chi connectivity index (χ4v) is 1.42. The summed E-state index contributed by atoms with van der Waals surface area (Å²) in [5.74, 6) is -0.254. The first-order chi connectivity index (χ1) is 7.18. The Hall–Kier alpha value is -0.830. The van der Waals surface area contributed by atoms with Gasteiger partial charge >= 0.3 is 5.97 Å². The van der Waals surface area contributed by atoms with E-state index in [9.17, 15) is 4.79 Å². The molecule has 3 heteroatoms. The van der Waals surface area contributed by atoms with Crippen LogP contribution in [0.2, 0.25) is 0 Å². The molecule has 0 unspecified atom stereocenters. The van der Waals surface area contributed by atoms with Gasteiger partial charge in [-0.3, -0.25) is 4.79 Å². The van der Waals surface area contributed by atoms with Gasteiger partial charge in [0.25, 0.3) is 0 Å². The number of esters is 1. The van der Waals surface area contributed by atoms with Gasteiger partial charge in [0.2, 0.25) is 0 Å². The van der Waals surface area contributed by atoms with Crippen LogP contribution >= 0.6 is 0 Å². The Kier molecular flexibility index (Phi) is 5.73. The molecule has 0 amide bonds. The number of hydrogen-bond donors (Lipinski definition) is 0. The van der Waals surface area contributed by atoms with E-state index < -0.39 is 5.60 Å². The summed E-state index contributed by atoms with van der Waals surface area (Å²) in [6, 6.07) is 0. The summed E-state index contributed by atoms with van der Waals surface area (Å²) in [6.07, 6.45) is 3.34. The van der Waals surface area contributed by atoms with Crippen molar-refractivity contribution in [2.45, 2.75) is 58.7 Å². The minimum absolute atomic E-state index is 0.200. The molecule has 16 heavy (non-hydrogen) atoms. The van der Waals surface area contributed by atoms with Crippen LogP contribution in [0.5, 0.6) is 0 Å². The van der Waals surface area contributed by atoms with Crippen LogP contribution in [0, 0.1) is 0 Å². The molecular formula is C13H24O3. The minimum Gasteiger partial charge on any atom is -0.460 e. The summed E-state index contributed by atoms with van der Waals surface area (Å²) < 4.78 is 10.9. The van der Waals surface area contributed by atoms with Gasteiger partial charge in [-0.15, -0.1) is 6.58 Å². The van der Waals surface area contributed by atoms with E-state index in [0.717, 1.165) is 6.42 Å². The fraction of sp³-hybridized carbons (Fsp3) is 0.769. The Bertz CT molecular complexity index is 242. The third-order valence-electron chi connectivity index (χ3n) is 2.25. The van der Waals surface area contributed by atoms with Gasteiger partial charge in [0.05, 0.1) is 12.2 Å². The normalized spacial score (nSPS) is 12.3. The average Bonchev–Trinajstić information content (AvgIpc) is 1.99. The van der Waals surface area contributed by atoms with Gasteiger partial charge in [-0.1, -0.05) is 6.08 Å². The number of carbonyl (C=O) groups excluding carboxylic acids is 1. The van der Waals surface area contributed by atoms with Crippen LogP contribution in [0.4, 0.5) is 0 Å². The molecule has 0 radical (unpaired) electrons. The summed E-state index contributed by atoms with van der Waals surface area (Å²) in [5.41, 5.74) is -0.663. The molecule has 0 rings (SSSR count). The van der Waals surface area contributed by atoms with Crippen LogP contribution in [-0.2, 0) is 14.3 Å². The van der Waals surface area contributed by atoms with Gasteiger partial charge < -0.3 is 9.47 Å². The second kappa shape index (κ2) is 6.04. The van der Waals surface area contributed by atoms with Crippen molar-refractivity contribution in [1.29, 1.82) is 0 Å². The summed E-state index contributed by atoms with van der Waals surface area (Å²) in [6.45, 7) is 13.5. The maximum atomic E-state index is 10.8. The van der Waals surface area contributed by atoms with E-state index in [2.05, 4.69) is 6.58 Å². The highest BCUT2D eigenvalue weighted by Crippen LogP contribution is 2.19. The predicted molar refractivity (Wildman–Crippen MR) is 65.3 cm³/mol. The zero-order chi connectivity index (χ0) is 12.8. The molecule has 0 aliphatic rings. The van der Waals surface area contributed by atoms with E-state index in [1.165, 1.54) is 6.92 Å². The lowest BCUT2D eigenvalue weighted by Gasteiger charge is -2.28. The molecule has 0 bridgehead atoms. The zero-order valence-electron chi connectivity index (χ0n) is 11.1. The molecule has 0 aromatic carbocycles. The van der Waals surface area contributed by atoms with Gasteiger partial charge in [-0.2, -0.15) is 0 Å². The van der Waals surface area contributed by atoms with Crippen molar-refractivity contribution < 1.29 is 14.3 Å². The van der Waals surface area contributed by atoms with E-state index in [-0.39, 0.29) is 11.6 Å². The van der Waals surface area contributed by atoms with Crippen LogP contribution in [0.3, 0.4) is 0 Å². The number of ether oxygens (including phenoxy) is 2. The smallest absolute Gasteiger partial charge is 0.303 e. The molecule has 0 fully saturated rings. The quantitative estimate of drug-likeness (QED) is 0.496. The Labute approximate surface area is 98.8 Å². The molecule has 0 aromatic rings. The SMILES string of the molecule is C=CCC(C)(C)OCCC(C)(C)OC(C)=O. The largest absolute Gasteiger partial charge is 0.460 e. The van der Waals surface area contributed by atoms with E-state index in [0.29, 0.717) is 13.0 Å². The van der Waals surface area contributed by atoms with Gasteiger partial charge in [0, 0.05) is 13.3 Å². The maximum absolute atomic E-state index is 10.8. The fourth-order valence-electron chi connectivity index (χ4n) is 1.42. The van der Waals surface area contributed by atoms with E-state index in [1.807, 2.05) is 33.8 Å².